The van der Waals surface area contributed by atoms with Crippen molar-refractivity contribution in [2.75, 3.05) is 5.32 Å². The standard InChI is InChI=1S/C14H17N3O2/c1-2-8-17-9-7-15-13(17)10-16-12-5-3-11(4-6-12)14(18)19/h3-7,9,16H,2,8,10H2,1H3,(H,18,19). The van der Waals surface area contributed by atoms with E-state index in [1.54, 1.807) is 30.5 Å². The van der Waals surface area contributed by atoms with E-state index in [1.165, 1.54) is 0 Å². The van der Waals surface area contributed by atoms with E-state index in [0.29, 0.717) is 6.54 Å². The van der Waals surface area contributed by atoms with Gasteiger partial charge in [0.15, 0.2) is 0 Å². The molecule has 0 bridgehead atoms. The molecule has 0 atom stereocenters. The molecular formula is C14H17N3O2. The molecule has 0 amide bonds. The third-order valence-corrected chi connectivity index (χ3v) is 2.85. The van der Waals surface area contributed by atoms with Crippen LogP contribution in [-0.2, 0) is 13.1 Å². The number of carboxylic acids is 1. The topological polar surface area (TPSA) is 67.2 Å². The molecule has 0 unspecified atom stereocenters. The highest BCUT2D eigenvalue weighted by Gasteiger charge is 2.03. The first-order valence-corrected chi connectivity index (χ1v) is 6.28. The number of aryl methyl sites for hydroxylation is 1. The van der Waals surface area contributed by atoms with Gasteiger partial charge in [-0.05, 0) is 30.7 Å². The molecule has 2 rings (SSSR count). The highest BCUT2D eigenvalue weighted by Crippen LogP contribution is 2.11. The van der Waals surface area contributed by atoms with Crippen molar-refractivity contribution < 1.29 is 9.90 Å². The summed E-state index contributed by atoms with van der Waals surface area (Å²) in [5.74, 6) is 0.0641. The average Bonchev–Trinajstić information content (AvgIpc) is 2.85. The number of nitrogens with one attached hydrogen (secondary N) is 1. The van der Waals surface area contributed by atoms with Crippen molar-refractivity contribution in [3.8, 4) is 0 Å². The van der Waals surface area contributed by atoms with Crippen LogP contribution in [0.25, 0.3) is 0 Å². The van der Waals surface area contributed by atoms with Gasteiger partial charge in [-0.3, -0.25) is 0 Å². The van der Waals surface area contributed by atoms with Crippen molar-refractivity contribution in [3.63, 3.8) is 0 Å². The first-order chi connectivity index (χ1) is 9.20. The largest absolute Gasteiger partial charge is 0.478 e. The molecule has 0 aliphatic rings. The van der Waals surface area contributed by atoms with E-state index in [-0.39, 0.29) is 5.56 Å². The van der Waals surface area contributed by atoms with Crippen LogP contribution in [0, 0.1) is 0 Å². The Kier molecular flexibility index (Phi) is 4.18. The fraction of sp³-hybridized carbons (Fsp3) is 0.286. The number of hydrogen-bond donors (Lipinski definition) is 2. The molecule has 1 heterocycles. The number of carbonyl (C=O) groups is 1. The summed E-state index contributed by atoms with van der Waals surface area (Å²) in [6.07, 6.45) is 4.82. The molecule has 2 aromatic rings. The third-order valence-electron chi connectivity index (χ3n) is 2.85. The number of carboxylic acid groups (broad SMARTS) is 1. The zero-order valence-corrected chi connectivity index (χ0v) is 10.8. The van der Waals surface area contributed by atoms with Gasteiger partial charge in [0, 0.05) is 24.6 Å². The maximum atomic E-state index is 10.7. The zero-order chi connectivity index (χ0) is 13.7. The van der Waals surface area contributed by atoms with Crippen LogP contribution in [0.1, 0.15) is 29.5 Å². The molecule has 2 N–H and O–H groups in total. The van der Waals surface area contributed by atoms with Crippen LogP contribution in [0.3, 0.4) is 0 Å². The van der Waals surface area contributed by atoms with Gasteiger partial charge in [-0.25, -0.2) is 9.78 Å². The number of hydrogen-bond acceptors (Lipinski definition) is 3. The van der Waals surface area contributed by atoms with E-state index in [9.17, 15) is 4.79 Å². The van der Waals surface area contributed by atoms with Crippen LogP contribution in [0.15, 0.2) is 36.7 Å². The fourth-order valence-corrected chi connectivity index (χ4v) is 1.86. The minimum absolute atomic E-state index is 0.290. The molecule has 0 aliphatic heterocycles. The number of nitrogens with zero attached hydrogens (tertiary/aromatic N) is 2. The SMILES string of the molecule is CCCn1ccnc1CNc1ccc(C(=O)O)cc1. The average molecular weight is 259 g/mol. The van der Waals surface area contributed by atoms with E-state index in [1.807, 2.05) is 6.20 Å². The van der Waals surface area contributed by atoms with Crippen LogP contribution in [-0.4, -0.2) is 20.6 Å². The molecule has 1 aromatic heterocycles. The molecule has 0 fully saturated rings. The van der Waals surface area contributed by atoms with E-state index in [0.717, 1.165) is 24.5 Å². The van der Waals surface area contributed by atoms with Gasteiger partial charge in [-0.15, -0.1) is 0 Å². The lowest BCUT2D eigenvalue weighted by atomic mass is 10.2. The first kappa shape index (κ1) is 13.1. The molecule has 0 saturated heterocycles. The lowest BCUT2D eigenvalue weighted by Gasteiger charge is -2.09. The van der Waals surface area contributed by atoms with E-state index in [4.69, 9.17) is 5.11 Å². The Morgan fingerprint density at radius 3 is 2.74 bits per heavy atom. The maximum absolute atomic E-state index is 10.7. The predicted molar refractivity (Wildman–Crippen MR) is 73.2 cm³/mol. The van der Waals surface area contributed by atoms with Crippen LogP contribution >= 0.6 is 0 Å². The summed E-state index contributed by atoms with van der Waals surface area (Å²) in [6, 6.07) is 6.69. The molecule has 0 aliphatic carbocycles. The lowest BCUT2D eigenvalue weighted by Crippen LogP contribution is -2.08. The number of rotatable bonds is 6. The molecule has 5 nitrogen and oxygen atoms in total. The van der Waals surface area contributed by atoms with Crippen LogP contribution < -0.4 is 5.32 Å². The Morgan fingerprint density at radius 1 is 1.37 bits per heavy atom. The quantitative estimate of drug-likeness (QED) is 0.836. The van der Waals surface area contributed by atoms with Gasteiger partial charge in [-0.1, -0.05) is 6.92 Å². The van der Waals surface area contributed by atoms with Gasteiger partial charge >= 0.3 is 5.97 Å². The van der Waals surface area contributed by atoms with Crippen LogP contribution in [0.5, 0.6) is 0 Å². The van der Waals surface area contributed by atoms with E-state index in [2.05, 4.69) is 21.8 Å². The second-order valence-electron chi connectivity index (χ2n) is 4.27. The molecule has 1 aromatic carbocycles. The summed E-state index contributed by atoms with van der Waals surface area (Å²) >= 11 is 0. The summed E-state index contributed by atoms with van der Waals surface area (Å²) in [4.78, 5) is 15.0. The van der Waals surface area contributed by atoms with Crippen molar-refractivity contribution in [1.82, 2.24) is 9.55 Å². The number of benzene rings is 1. The van der Waals surface area contributed by atoms with Gasteiger partial charge in [0.05, 0.1) is 12.1 Å². The number of imidazole rings is 1. The smallest absolute Gasteiger partial charge is 0.335 e. The second kappa shape index (κ2) is 6.04. The predicted octanol–water partition coefficient (Wildman–Crippen LogP) is 2.60. The Balaban J connectivity index is 1.98. The van der Waals surface area contributed by atoms with Gasteiger partial charge in [0.25, 0.3) is 0 Å². The van der Waals surface area contributed by atoms with E-state index < -0.39 is 5.97 Å². The second-order valence-corrected chi connectivity index (χ2v) is 4.27. The molecule has 5 heteroatoms. The maximum Gasteiger partial charge on any atom is 0.335 e. The summed E-state index contributed by atoms with van der Waals surface area (Å²) in [5.41, 5.74) is 1.18. The summed E-state index contributed by atoms with van der Waals surface area (Å²) in [5, 5.41) is 12.1. The van der Waals surface area contributed by atoms with Crippen molar-refractivity contribution in [3.05, 3.63) is 48.0 Å². The van der Waals surface area contributed by atoms with E-state index >= 15 is 0 Å². The Hall–Kier alpha value is -2.30. The highest BCUT2D eigenvalue weighted by atomic mass is 16.4. The summed E-state index contributed by atoms with van der Waals surface area (Å²) < 4.78 is 2.11. The molecular weight excluding hydrogens is 242 g/mol. The number of aromatic carboxylic acids is 1. The third kappa shape index (κ3) is 3.34. The van der Waals surface area contributed by atoms with Gasteiger partial charge < -0.3 is 15.0 Å². The van der Waals surface area contributed by atoms with Gasteiger partial charge in [-0.2, -0.15) is 0 Å². The lowest BCUT2D eigenvalue weighted by molar-refractivity contribution is 0.0697. The van der Waals surface area contributed by atoms with Crippen molar-refractivity contribution >= 4 is 11.7 Å². The molecule has 100 valence electrons. The zero-order valence-electron chi connectivity index (χ0n) is 10.8. The minimum Gasteiger partial charge on any atom is -0.478 e. The van der Waals surface area contributed by atoms with Crippen molar-refractivity contribution in [2.45, 2.75) is 26.4 Å². The summed E-state index contributed by atoms with van der Waals surface area (Å²) in [6.45, 7) is 3.70. The fourth-order valence-electron chi connectivity index (χ4n) is 1.86. The Bertz CT molecular complexity index is 546. The normalized spacial score (nSPS) is 10.4. The monoisotopic (exact) mass is 259 g/mol. The number of aromatic nitrogens is 2. The van der Waals surface area contributed by atoms with Crippen molar-refractivity contribution in [2.24, 2.45) is 0 Å². The Morgan fingerprint density at radius 2 is 2.11 bits per heavy atom. The number of anilines is 1. The Labute approximate surface area is 111 Å². The highest BCUT2D eigenvalue weighted by molar-refractivity contribution is 5.87. The molecule has 0 radical (unpaired) electrons. The summed E-state index contributed by atoms with van der Waals surface area (Å²) in [7, 11) is 0. The minimum atomic E-state index is -0.912. The van der Waals surface area contributed by atoms with Gasteiger partial charge in [0.1, 0.15) is 5.82 Å². The molecule has 0 saturated carbocycles. The molecule has 19 heavy (non-hydrogen) atoms. The van der Waals surface area contributed by atoms with Gasteiger partial charge in [0.2, 0.25) is 0 Å². The van der Waals surface area contributed by atoms with Crippen LogP contribution in [0.2, 0.25) is 0 Å². The van der Waals surface area contributed by atoms with Crippen molar-refractivity contribution in [1.29, 1.82) is 0 Å². The van der Waals surface area contributed by atoms with Crippen LogP contribution in [0.4, 0.5) is 5.69 Å². The molecule has 0 spiro atoms. The first-order valence-electron chi connectivity index (χ1n) is 6.28.